The van der Waals surface area contributed by atoms with Crippen LogP contribution in [0, 0.1) is 0 Å². The van der Waals surface area contributed by atoms with Crippen molar-refractivity contribution < 1.29 is 0 Å². The lowest BCUT2D eigenvalue weighted by Crippen LogP contribution is -2.32. The Bertz CT molecular complexity index is 267. The van der Waals surface area contributed by atoms with Crippen LogP contribution < -0.4 is 5.73 Å². The summed E-state index contributed by atoms with van der Waals surface area (Å²) in [5.41, 5.74) is 7.20. The molecule has 2 heteroatoms. The largest absolute Gasteiger partial charge is 0.322 e. The van der Waals surface area contributed by atoms with Crippen molar-refractivity contribution in [1.29, 1.82) is 0 Å². The Kier molecular flexibility index (Phi) is 4.76. The van der Waals surface area contributed by atoms with E-state index < -0.39 is 0 Å². The maximum absolute atomic E-state index is 6.28. The van der Waals surface area contributed by atoms with E-state index in [9.17, 15) is 0 Å². The molecule has 0 fully saturated rings. The molecule has 1 heterocycles. The van der Waals surface area contributed by atoms with Crippen LogP contribution in [-0.2, 0) is 5.54 Å². The molecule has 0 aliphatic carbocycles. The van der Waals surface area contributed by atoms with Gasteiger partial charge in [-0.2, -0.15) is 0 Å². The van der Waals surface area contributed by atoms with Crippen molar-refractivity contribution in [3.63, 3.8) is 0 Å². The maximum atomic E-state index is 6.28. The van der Waals surface area contributed by atoms with Crippen LogP contribution in [0.5, 0.6) is 0 Å². The third kappa shape index (κ3) is 4.00. The minimum absolute atomic E-state index is 0.220. The summed E-state index contributed by atoms with van der Waals surface area (Å²) >= 11 is 0. The van der Waals surface area contributed by atoms with E-state index >= 15 is 0 Å². The van der Waals surface area contributed by atoms with Gasteiger partial charge in [0.15, 0.2) is 0 Å². The quantitative estimate of drug-likeness (QED) is 0.726. The number of hydrogen-bond acceptors (Lipinski definition) is 2. The fraction of sp³-hybridized carbons (Fsp3) is 0.615. The average Bonchev–Trinajstić information content (AvgIpc) is 2.26. The van der Waals surface area contributed by atoms with Gasteiger partial charge in [-0.05, 0) is 25.0 Å². The van der Waals surface area contributed by atoms with Gasteiger partial charge in [-0.15, -0.1) is 0 Å². The molecular weight excluding hydrogens is 184 g/mol. The molecule has 1 unspecified atom stereocenters. The van der Waals surface area contributed by atoms with Crippen molar-refractivity contribution in [2.45, 2.75) is 51.5 Å². The molecule has 0 amide bonds. The summed E-state index contributed by atoms with van der Waals surface area (Å²) in [5, 5.41) is 0. The first-order valence-electron chi connectivity index (χ1n) is 5.86. The summed E-state index contributed by atoms with van der Waals surface area (Å²) in [6, 6.07) is 4.01. The molecule has 0 radical (unpaired) electrons. The number of aromatic nitrogens is 1. The van der Waals surface area contributed by atoms with Gasteiger partial charge in [0.1, 0.15) is 0 Å². The lowest BCUT2D eigenvalue weighted by atomic mass is 9.89. The van der Waals surface area contributed by atoms with E-state index in [1.807, 2.05) is 12.3 Å². The molecule has 0 aromatic carbocycles. The van der Waals surface area contributed by atoms with Gasteiger partial charge in [-0.25, -0.2) is 0 Å². The molecule has 15 heavy (non-hydrogen) atoms. The topological polar surface area (TPSA) is 38.9 Å². The molecule has 1 rings (SSSR count). The Labute approximate surface area is 92.9 Å². The minimum Gasteiger partial charge on any atom is -0.322 e. The first kappa shape index (κ1) is 12.2. The van der Waals surface area contributed by atoms with Gasteiger partial charge in [-0.3, -0.25) is 4.98 Å². The van der Waals surface area contributed by atoms with Gasteiger partial charge in [0, 0.05) is 17.9 Å². The molecule has 0 bridgehead atoms. The van der Waals surface area contributed by atoms with Gasteiger partial charge >= 0.3 is 0 Å². The molecule has 1 aromatic rings. The third-order valence-electron chi connectivity index (χ3n) is 2.87. The molecule has 0 spiro atoms. The van der Waals surface area contributed by atoms with E-state index in [0.717, 1.165) is 12.0 Å². The number of nitrogens with zero attached hydrogens (tertiary/aromatic N) is 1. The van der Waals surface area contributed by atoms with Gasteiger partial charge in [0.2, 0.25) is 0 Å². The highest BCUT2D eigenvalue weighted by molar-refractivity contribution is 5.18. The molecule has 2 N–H and O–H groups in total. The van der Waals surface area contributed by atoms with Crippen molar-refractivity contribution in [3.05, 3.63) is 30.1 Å². The Hall–Kier alpha value is -0.890. The number of hydrogen-bond donors (Lipinski definition) is 1. The molecule has 1 aromatic heterocycles. The van der Waals surface area contributed by atoms with E-state index in [4.69, 9.17) is 5.73 Å². The van der Waals surface area contributed by atoms with Crippen molar-refractivity contribution >= 4 is 0 Å². The first-order valence-corrected chi connectivity index (χ1v) is 5.86. The van der Waals surface area contributed by atoms with Gasteiger partial charge in [-0.1, -0.05) is 38.7 Å². The monoisotopic (exact) mass is 206 g/mol. The average molecular weight is 206 g/mol. The second kappa shape index (κ2) is 5.86. The Morgan fingerprint density at radius 1 is 1.33 bits per heavy atom. The van der Waals surface area contributed by atoms with E-state index in [2.05, 4.69) is 24.9 Å². The summed E-state index contributed by atoms with van der Waals surface area (Å²) in [7, 11) is 0. The van der Waals surface area contributed by atoms with E-state index in [1.54, 1.807) is 6.20 Å². The fourth-order valence-electron chi connectivity index (χ4n) is 1.76. The molecule has 0 aliphatic rings. The van der Waals surface area contributed by atoms with Gasteiger partial charge < -0.3 is 5.73 Å². The SMILES string of the molecule is CCCCCCC(C)(N)c1cccnc1. The lowest BCUT2D eigenvalue weighted by molar-refractivity contribution is 0.423. The second-order valence-corrected chi connectivity index (χ2v) is 4.47. The Balaban J connectivity index is 2.45. The second-order valence-electron chi connectivity index (χ2n) is 4.47. The Morgan fingerprint density at radius 2 is 2.13 bits per heavy atom. The van der Waals surface area contributed by atoms with Crippen molar-refractivity contribution in [2.75, 3.05) is 0 Å². The van der Waals surface area contributed by atoms with Crippen molar-refractivity contribution in [3.8, 4) is 0 Å². The predicted molar refractivity (Wildman–Crippen MR) is 64.5 cm³/mol. The van der Waals surface area contributed by atoms with Crippen LogP contribution in [0.1, 0.15) is 51.5 Å². The molecule has 0 saturated heterocycles. The van der Waals surface area contributed by atoms with Crippen LogP contribution in [0.15, 0.2) is 24.5 Å². The first-order chi connectivity index (χ1) is 7.17. The molecule has 0 saturated carbocycles. The lowest BCUT2D eigenvalue weighted by Gasteiger charge is -2.24. The standard InChI is InChI=1S/C13H22N2/c1-3-4-5-6-9-13(2,14)12-8-7-10-15-11-12/h7-8,10-11H,3-6,9,14H2,1-2H3. The molecule has 2 nitrogen and oxygen atoms in total. The summed E-state index contributed by atoms with van der Waals surface area (Å²) in [4.78, 5) is 4.12. The maximum Gasteiger partial charge on any atom is 0.0396 e. The number of rotatable bonds is 6. The highest BCUT2D eigenvalue weighted by atomic mass is 14.7. The summed E-state index contributed by atoms with van der Waals surface area (Å²) < 4.78 is 0. The predicted octanol–water partition coefficient (Wildman–Crippen LogP) is 3.23. The van der Waals surface area contributed by atoms with Crippen molar-refractivity contribution in [2.24, 2.45) is 5.73 Å². The smallest absolute Gasteiger partial charge is 0.0396 e. The number of nitrogens with two attached hydrogens (primary N) is 1. The highest BCUT2D eigenvalue weighted by Gasteiger charge is 2.20. The molecular formula is C13H22N2. The molecule has 0 aliphatic heterocycles. The normalized spacial score (nSPS) is 14.9. The number of unbranched alkanes of at least 4 members (excludes halogenated alkanes) is 3. The van der Waals surface area contributed by atoms with Crippen LogP contribution in [0.3, 0.4) is 0 Å². The fourth-order valence-corrected chi connectivity index (χ4v) is 1.76. The van der Waals surface area contributed by atoms with E-state index in [0.29, 0.717) is 0 Å². The summed E-state index contributed by atoms with van der Waals surface area (Å²) in [6.07, 6.45) is 9.77. The Morgan fingerprint density at radius 3 is 2.73 bits per heavy atom. The molecule has 1 atom stereocenters. The zero-order valence-corrected chi connectivity index (χ0v) is 9.87. The highest BCUT2D eigenvalue weighted by Crippen LogP contribution is 2.23. The zero-order valence-electron chi connectivity index (χ0n) is 9.87. The summed E-state index contributed by atoms with van der Waals surface area (Å²) in [6.45, 7) is 4.32. The zero-order chi connectivity index (χ0) is 11.1. The van der Waals surface area contributed by atoms with E-state index in [-0.39, 0.29) is 5.54 Å². The van der Waals surface area contributed by atoms with Crippen LogP contribution in [0.25, 0.3) is 0 Å². The van der Waals surface area contributed by atoms with Crippen LogP contribution >= 0.6 is 0 Å². The summed E-state index contributed by atoms with van der Waals surface area (Å²) in [5.74, 6) is 0. The third-order valence-corrected chi connectivity index (χ3v) is 2.87. The van der Waals surface area contributed by atoms with Crippen LogP contribution in [0.2, 0.25) is 0 Å². The van der Waals surface area contributed by atoms with Gasteiger partial charge in [0.05, 0.1) is 0 Å². The van der Waals surface area contributed by atoms with Crippen LogP contribution in [0.4, 0.5) is 0 Å². The number of pyridine rings is 1. The minimum atomic E-state index is -0.220. The molecule has 84 valence electrons. The van der Waals surface area contributed by atoms with Crippen LogP contribution in [-0.4, -0.2) is 4.98 Å². The van der Waals surface area contributed by atoms with E-state index in [1.165, 1.54) is 25.7 Å². The van der Waals surface area contributed by atoms with Crippen molar-refractivity contribution in [1.82, 2.24) is 4.98 Å². The van der Waals surface area contributed by atoms with Gasteiger partial charge in [0.25, 0.3) is 0 Å².